The minimum atomic E-state index is 0.199. The number of benzene rings is 1. The van der Waals surface area contributed by atoms with E-state index in [4.69, 9.17) is 10.5 Å². The average molecular weight is 207 g/mol. The van der Waals surface area contributed by atoms with E-state index in [-0.39, 0.29) is 11.2 Å². The lowest BCUT2D eigenvalue weighted by atomic mass is 9.92. The Kier molecular flexibility index (Phi) is 2.57. The highest BCUT2D eigenvalue weighted by Crippen LogP contribution is 2.51. The molecule has 0 heterocycles. The molecule has 1 aromatic carbocycles. The lowest BCUT2D eigenvalue weighted by Crippen LogP contribution is -2.13. The second-order valence-corrected chi connectivity index (χ2v) is 4.21. The number of rotatable bonds is 4. The lowest BCUT2D eigenvalue weighted by molar-refractivity contribution is 0.372. The van der Waals surface area contributed by atoms with Gasteiger partial charge in [-0.25, -0.2) is 0 Å². The van der Waals surface area contributed by atoms with Crippen LogP contribution in [0.1, 0.15) is 24.8 Å². The van der Waals surface area contributed by atoms with Crippen molar-refractivity contribution in [2.24, 2.45) is 5.73 Å². The van der Waals surface area contributed by atoms with Crippen molar-refractivity contribution in [3.05, 3.63) is 23.8 Å². The summed E-state index contributed by atoms with van der Waals surface area (Å²) in [6.07, 6.45) is 3.40. The maximum atomic E-state index is 9.50. The van der Waals surface area contributed by atoms with Gasteiger partial charge in [-0.2, -0.15) is 0 Å². The number of nitrogens with two attached hydrogens (primary N) is 1. The van der Waals surface area contributed by atoms with Gasteiger partial charge < -0.3 is 15.6 Å². The zero-order valence-corrected chi connectivity index (χ0v) is 8.99. The number of phenolic OH excluding ortho intramolecular Hbond substituents is 1. The van der Waals surface area contributed by atoms with Gasteiger partial charge in [0.25, 0.3) is 0 Å². The SMILES string of the molecule is COc1cc(C2(CCN)CC2)ccc1O. The smallest absolute Gasteiger partial charge is 0.160 e. The molecule has 82 valence electrons. The van der Waals surface area contributed by atoms with Crippen molar-refractivity contribution >= 4 is 0 Å². The first kappa shape index (κ1) is 10.3. The summed E-state index contributed by atoms with van der Waals surface area (Å²) in [6.45, 7) is 0.711. The third-order valence-corrected chi connectivity index (χ3v) is 3.27. The van der Waals surface area contributed by atoms with Crippen molar-refractivity contribution in [3.63, 3.8) is 0 Å². The van der Waals surface area contributed by atoms with Crippen LogP contribution in [0.3, 0.4) is 0 Å². The summed E-state index contributed by atoms with van der Waals surface area (Å²) >= 11 is 0. The number of hydrogen-bond donors (Lipinski definition) is 2. The molecule has 0 saturated heterocycles. The molecule has 0 amide bonds. The molecule has 1 aliphatic rings. The summed E-state index contributed by atoms with van der Waals surface area (Å²) in [6, 6.07) is 5.60. The van der Waals surface area contributed by atoms with E-state index in [1.165, 1.54) is 18.4 Å². The molecule has 0 aliphatic heterocycles. The quantitative estimate of drug-likeness (QED) is 0.791. The van der Waals surface area contributed by atoms with E-state index in [1.54, 1.807) is 13.2 Å². The topological polar surface area (TPSA) is 55.5 Å². The van der Waals surface area contributed by atoms with Crippen molar-refractivity contribution < 1.29 is 9.84 Å². The molecule has 0 bridgehead atoms. The highest BCUT2D eigenvalue weighted by molar-refractivity contribution is 5.45. The summed E-state index contributed by atoms with van der Waals surface area (Å²) in [5.74, 6) is 0.751. The van der Waals surface area contributed by atoms with E-state index >= 15 is 0 Å². The monoisotopic (exact) mass is 207 g/mol. The van der Waals surface area contributed by atoms with Crippen LogP contribution >= 0.6 is 0 Å². The van der Waals surface area contributed by atoms with Gasteiger partial charge in [0, 0.05) is 0 Å². The standard InChI is InChI=1S/C12H17NO2/c1-15-11-8-9(2-3-10(11)14)12(4-5-12)6-7-13/h2-3,8,14H,4-7,13H2,1H3. The minimum absolute atomic E-state index is 0.199. The van der Waals surface area contributed by atoms with Crippen LogP contribution in [0, 0.1) is 0 Å². The molecular formula is C12H17NO2. The average Bonchev–Trinajstić information content (AvgIpc) is 3.00. The van der Waals surface area contributed by atoms with Crippen molar-refractivity contribution in [2.75, 3.05) is 13.7 Å². The van der Waals surface area contributed by atoms with E-state index in [0.717, 1.165) is 6.42 Å². The lowest BCUT2D eigenvalue weighted by Gasteiger charge is -2.15. The fourth-order valence-corrected chi connectivity index (χ4v) is 2.12. The molecule has 1 aliphatic carbocycles. The Morgan fingerprint density at radius 2 is 2.20 bits per heavy atom. The Labute approximate surface area is 89.9 Å². The molecule has 0 radical (unpaired) electrons. The van der Waals surface area contributed by atoms with E-state index in [1.807, 2.05) is 12.1 Å². The van der Waals surface area contributed by atoms with Gasteiger partial charge >= 0.3 is 0 Å². The summed E-state index contributed by atoms with van der Waals surface area (Å²) in [5.41, 5.74) is 7.11. The van der Waals surface area contributed by atoms with Crippen LogP contribution in [-0.2, 0) is 5.41 Å². The van der Waals surface area contributed by atoms with Crippen LogP contribution in [0.15, 0.2) is 18.2 Å². The highest BCUT2D eigenvalue weighted by Gasteiger charge is 2.43. The number of phenols is 1. The van der Waals surface area contributed by atoms with Crippen LogP contribution < -0.4 is 10.5 Å². The van der Waals surface area contributed by atoms with E-state index < -0.39 is 0 Å². The normalized spacial score (nSPS) is 17.5. The van der Waals surface area contributed by atoms with Crippen molar-refractivity contribution in [1.29, 1.82) is 0 Å². The predicted octanol–water partition coefficient (Wildman–Crippen LogP) is 1.78. The van der Waals surface area contributed by atoms with Crippen molar-refractivity contribution in [3.8, 4) is 11.5 Å². The maximum absolute atomic E-state index is 9.50. The molecule has 0 unspecified atom stereocenters. The zero-order valence-electron chi connectivity index (χ0n) is 8.99. The molecule has 1 aromatic rings. The van der Waals surface area contributed by atoms with Crippen LogP contribution in [0.2, 0.25) is 0 Å². The van der Waals surface area contributed by atoms with Gasteiger partial charge in [-0.3, -0.25) is 0 Å². The molecule has 0 atom stereocenters. The first-order valence-corrected chi connectivity index (χ1v) is 5.29. The Morgan fingerprint density at radius 1 is 1.47 bits per heavy atom. The zero-order chi connectivity index (χ0) is 10.9. The molecule has 1 fully saturated rings. The van der Waals surface area contributed by atoms with Gasteiger partial charge in [0.2, 0.25) is 0 Å². The molecule has 3 nitrogen and oxygen atoms in total. The molecule has 3 heteroatoms. The van der Waals surface area contributed by atoms with E-state index in [0.29, 0.717) is 12.3 Å². The van der Waals surface area contributed by atoms with E-state index in [9.17, 15) is 5.11 Å². The Hall–Kier alpha value is -1.22. The number of aromatic hydroxyl groups is 1. The molecule has 3 N–H and O–H groups in total. The molecule has 0 aromatic heterocycles. The fourth-order valence-electron chi connectivity index (χ4n) is 2.12. The third-order valence-electron chi connectivity index (χ3n) is 3.27. The largest absolute Gasteiger partial charge is 0.504 e. The van der Waals surface area contributed by atoms with Crippen LogP contribution in [0.4, 0.5) is 0 Å². The van der Waals surface area contributed by atoms with Crippen LogP contribution in [-0.4, -0.2) is 18.8 Å². The van der Waals surface area contributed by atoms with Crippen molar-refractivity contribution in [1.82, 2.24) is 0 Å². The molecule has 15 heavy (non-hydrogen) atoms. The molecule has 2 rings (SSSR count). The fraction of sp³-hybridized carbons (Fsp3) is 0.500. The number of hydrogen-bond acceptors (Lipinski definition) is 3. The van der Waals surface area contributed by atoms with Crippen LogP contribution in [0.25, 0.3) is 0 Å². The van der Waals surface area contributed by atoms with Crippen molar-refractivity contribution in [2.45, 2.75) is 24.7 Å². The van der Waals surface area contributed by atoms with Gasteiger partial charge in [-0.15, -0.1) is 0 Å². The van der Waals surface area contributed by atoms with Gasteiger partial charge in [0.05, 0.1) is 7.11 Å². The first-order valence-electron chi connectivity index (χ1n) is 5.29. The molecule has 1 saturated carbocycles. The van der Waals surface area contributed by atoms with E-state index in [2.05, 4.69) is 0 Å². The van der Waals surface area contributed by atoms with Gasteiger partial charge in [0.1, 0.15) is 0 Å². The van der Waals surface area contributed by atoms with Gasteiger partial charge in [-0.05, 0) is 48.9 Å². The number of ether oxygens (including phenoxy) is 1. The minimum Gasteiger partial charge on any atom is -0.504 e. The Morgan fingerprint density at radius 3 is 2.73 bits per heavy atom. The summed E-state index contributed by atoms with van der Waals surface area (Å²) in [4.78, 5) is 0. The first-order chi connectivity index (χ1) is 7.22. The molecule has 0 spiro atoms. The highest BCUT2D eigenvalue weighted by atomic mass is 16.5. The maximum Gasteiger partial charge on any atom is 0.160 e. The summed E-state index contributed by atoms with van der Waals surface area (Å²) < 4.78 is 5.11. The Balaban J connectivity index is 2.29. The second-order valence-electron chi connectivity index (χ2n) is 4.21. The Bertz CT molecular complexity index is 359. The van der Waals surface area contributed by atoms with Gasteiger partial charge in [0.15, 0.2) is 11.5 Å². The molecular weight excluding hydrogens is 190 g/mol. The summed E-state index contributed by atoms with van der Waals surface area (Å²) in [5, 5.41) is 9.50. The third kappa shape index (κ3) is 1.79. The number of methoxy groups -OCH3 is 1. The van der Waals surface area contributed by atoms with Crippen LogP contribution in [0.5, 0.6) is 11.5 Å². The summed E-state index contributed by atoms with van der Waals surface area (Å²) in [7, 11) is 1.57. The van der Waals surface area contributed by atoms with Gasteiger partial charge in [-0.1, -0.05) is 6.07 Å². The predicted molar refractivity (Wildman–Crippen MR) is 59.2 cm³/mol. The second kappa shape index (κ2) is 3.74.